The van der Waals surface area contributed by atoms with Crippen LogP contribution in [0.3, 0.4) is 0 Å². The van der Waals surface area contributed by atoms with Crippen LogP contribution in [0, 0.1) is 6.92 Å². The van der Waals surface area contributed by atoms with Crippen molar-refractivity contribution in [3.63, 3.8) is 0 Å². The predicted octanol–water partition coefficient (Wildman–Crippen LogP) is 3.74. The van der Waals surface area contributed by atoms with Crippen LogP contribution in [-0.4, -0.2) is 83.4 Å². The van der Waals surface area contributed by atoms with Crippen LogP contribution in [0.2, 0.25) is 0 Å². The van der Waals surface area contributed by atoms with Crippen molar-refractivity contribution in [1.29, 1.82) is 0 Å². The highest BCUT2D eigenvalue weighted by atomic mass is 32.1. The van der Waals surface area contributed by atoms with Gasteiger partial charge in [0.15, 0.2) is 6.04 Å². The summed E-state index contributed by atoms with van der Waals surface area (Å²) in [6.45, 7) is 2.60. The molecule has 2 N–H and O–H groups in total. The fourth-order valence-electron chi connectivity index (χ4n) is 3.85. The molecule has 9 nitrogen and oxygen atoms in total. The number of alkyl halides is 4. The van der Waals surface area contributed by atoms with E-state index in [9.17, 15) is 22.4 Å². The van der Waals surface area contributed by atoms with E-state index in [1.165, 1.54) is 6.20 Å². The number of pyridine rings is 1. The standard InChI is InChI=1S/C22H25F4N7O2S/c1-13-19(21(36-32-13)31-17-11-27-16(10-28-17)22(24,25)26)20(34)30-14-4-5-18(29-9-14)35-15-3-2-7-33(12-15)8-6-23/h4-5,9,11,15-16H,2-3,6-8,10,12H2,1H3,(H,28,31)(H,30,34). The van der Waals surface area contributed by atoms with Crippen molar-refractivity contribution < 1.29 is 27.1 Å². The Morgan fingerprint density at radius 2 is 2.17 bits per heavy atom. The first-order chi connectivity index (χ1) is 17.2. The minimum atomic E-state index is -4.46. The lowest BCUT2D eigenvalue weighted by Crippen LogP contribution is -2.42. The lowest BCUT2D eigenvalue weighted by molar-refractivity contribution is -0.144. The zero-order chi connectivity index (χ0) is 25.7. The summed E-state index contributed by atoms with van der Waals surface area (Å²) in [7, 11) is 0. The zero-order valence-corrected chi connectivity index (χ0v) is 20.2. The van der Waals surface area contributed by atoms with Gasteiger partial charge in [-0.25, -0.2) is 9.37 Å². The summed E-state index contributed by atoms with van der Waals surface area (Å²) in [5.74, 6) is 0.0571. The molecule has 194 valence electrons. The number of hydrogen-bond donors (Lipinski definition) is 2. The third-order valence-electron chi connectivity index (χ3n) is 5.67. The van der Waals surface area contributed by atoms with Gasteiger partial charge in [0.05, 0.1) is 35.9 Å². The van der Waals surface area contributed by atoms with Gasteiger partial charge < -0.3 is 15.4 Å². The highest BCUT2D eigenvalue weighted by Gasteiger charge is 2.40. The molecule has 0 aromatic carbocycles. The number of hydrogen-bond acceptors (Lipinski definition) is 9. The SMILES string of the molecule is Cc1nsc(NC2=NCC(C(F)(F)F)N=C2)c1C(=O)Nc1ccc(OC2CCCN(CCF)C2)nc1. The molecule has 4 heterocycles. The van der Waals surface area contributed by atoms with Crippen LogP contribution >= 0.6 is 11.5 Å². The van der Waals surface area contributed by atoms with Crippen LogP contribution in [-0.2, 0) is 0 Å². The van der Waals surface area contributed by atoms with Crippen LogP contribution < -0.4 is 15.4 Å². The van der Waals surface area contributed by atoms with Crippen LogP contribution in [0.25, 0.3) is 0 Å². The van der Waals surface area contributed by atoms with E-state index in [0.717, 1.165) is 37.1 Å². The molecule has 2 aromatic heterocycles. The third-order valence-corrected chi connectivity index (χ3v) is 6.52. The number of carbonyl (C=O) groups is 1. The van der Waals surface area contributed by atoms with Crippen molar-refractivity contribution in [2.75, 3.05) is 43.5 Å². The smallest absolute Gasteiger partial charge is 0.412 e. The van der Waals surface area contributed by atoms with Crippen molar-refractivity contribution in [3.8, 4) is 5.88 Å². The average molecular weight is 528 g/mol. The van der Waals surface area contributed by atoms with Gasteiger partial charge in [0, 0.05) is 19.2 Å². The second-order valence-electron chi connectivity index (χ2n) is 8.37. The Kier molecular flexibility index (Phi) is 8.14. The molecule has 2 unspecified atom stereocenters. The van der Waals surface area contributed by atoms with E-state index in [2.05, 4.69) is 30.0 Å². The fourth-order valence-corrected chi connectivity index (χ4v) is 4.65. The molecule has 0 aliphatic carbocycles. The van der Waals surface area contributed by atoms with Gasteiger partial charge in [0.2, 0.25) is 5.88 Å². The first-order valence-corrected chi connectivity index (χ1v) is 12.1. The van der Waals surface area contributed by atoms with Gasteiger partial charge in [0.1, 0.15) is 23.6 Å². The molecule has 0 radical (unpaired) electrons. The van der Waals surface area contributed by atoms with Gasteiger partial charge in [-0.05, 0) is 43.9 Å². The molecular formula is C22H25F4N7O2S. The maximum absolute atomic E-state index is 12.9. The van der Waals surface area contributed by atoms with Crippen molar-refractivity contribution in [2.45, 2.75) is 38.1 Å². The van der Waals surface area contributed by atoms with E-state index in [1.54, 1.807) is 19.1 Å². The number of halogens is 4. The quantitative estimate of drug-likeness (QED) is 0.532. The Morgan fingerprint density at radius 1 is 1.33 bits per heavy atom. The van der Waals surface area contributed by atoms with Gasteiger partial charge >= 0.3 is 6.18 Å². The minimum Gasteiger partial charge on any atom is -0.473 e. The van der Waals surface area contributed by atoms with E-state index < -0.39 is 31.3 Å². The topological polar surface area (TPSA) is 104 Å². The number of aliphatic imine (C=N–C) groups is 2. The Balaban J connectivity index is 1.36. The van der Waals surface area contributed by atoms with Gasteiger partial charge in [0.25, 0.3) is 5.91 Å². The highest BCUT2D eigenvalue weighted by molar-refractivity contribution is 7.11. The number of nitrogens with zero attached hydrogens (tertiary/aromatic N) is 5. The first-order valence-electron chi connectivity index (χ1n) is 11.3. The molecular weight excluding hydrogens is 502 g/mol. The number of aryl methyl sites for hydroxylation is 1. The molecule has 1 fully saturated rings. The van der Waals surface area contributed by atoms with E-state index in [0.29, 0.717) is 35.4 Å². The van der Waals surface area contributed by atoms with E-state index in [4.69, 9.17) is 4.74 Å². The third kappa shape index (κ3) is 6.55. The molecule has 14 heteroatoms. The summed E-state index contributed by atoms with van der Waals surface area (Å²) >= 11 is 0.991. The molecule has 2 aromatic rings. The minimum absolute atomic E-state index is 0.0796. The lowest BCUT2D eigenvalue weighted by atomic mass is 10.1. The van der Waals surface area contributed by atoms with Crippen molar-refractivity contribution in [3.05, 3.63) is 29.6 Å². The molecule has 1 saturated heterocycles. The second-order valence-corrected chi connectivity index (χ2v) is 9.14. The monoisotopic (exact) mass is 527 g/mol. The fraction of sp³-hybridized carbons (Fsp3) is 0.500. The molecule has 2 aliphatic heterocycles. The average Bonchev–Trinajstić information content (AvgIpc) is 3.20. The maximum atomic E-state index is 12.9. The molecule has 1 amide bonds. The van der Waals surface area contributed by atoms with E-state index in [-0.39, 0.29) is 17.5 Å². The normalized spacial score (nSPS) is 20.6. The van der Waals surface area contributed by atoms with Crippen LogP contribution in [0.5, 0.6) is 5.88 Å². The number of nitrogens with one attached hydrogen (secondary N) is 2. The number of rotatable bonds is 7. The van der Waals surface area contributed by atoms with Gasteiger partial charge in [-0.15, -0.1) is 0 Å². The lowest BCUT2D eigenvalue weighted by Gasteiger charge is -2.31. The molecule has 0 bridgehead atoms. The number of amidine groups is 1. The number of ether oxygens (including phenoxy) is 1. The van der Waals surface area contributed by atoms with Crippen molar-refractivity contribution in [1.82, 2.24) is 14.3 Å². The summed E-state index contributed by atoms with van der Waals surface area (Å²) in [4.78, 5) is 26.6. The number of aromatic nitrogens is 2. The van der Waals surface area contributed by atoms with Crippen LogP contribution in [0.4, 0.5) is 28.3 Å². The highest BCUT2D eigenvalue weighted by Crippen LogP contribution is 2.28. The Morgan fingerprint density at radius 3 is 2.83 bits per heavy atom. The summed E-state index contributed by atoms with van der Waals surface area (Å²) in [6.07, 6.45) is -0.292. The van der Waals surface area contributed by atoms with Crippen molar-refractivity contribution >= 4 is 40.2 Å². The first kappa shape index (κ1) is 25.9. The van der Waals surface area contributed by atoms with E-state index >= 15 is 0 Å². The Labute approximate surface area is 208 Å². The number of likely N-dealkylation sites (tertiary alicyclic amines) is 1. The van der Waals surface area contributed by atoms with Crippen LogP contribution in [0.1, 0.15) is 28.9 Å². The Bertz CT molecular complexity index is 1120. The molecule has 4 rings (SSSR count). The zero-order valence-electron chi connectivity index (χ0n) is 19.4. The maximum Gasteiger partial charge on any atom is 0.412 e. The van der Waals surface area contributed by atoms with Gasteiger partial charge in [-0.1, -0.05) is 0 Å². The number of carbonyl (C=O) groups excluding carboxylic acids is 1. The summed E-state index contributed by atoms with van der Waals surface area (Å²) in [5, 5.41) is 5.92. The summed E-state index contributed by atoms with van der Waals surface area (Å²) < 4.78 is 61.0. The number of piperidine rings is 1. The van der Waals surface area contributed by atoms with Crippen molar-refractivity contribution in [2.24, 2.45) is 9.98 Å². The number of anilines is 2. The molecule has 36 heavy (non-hydrogen) atoms. The van der Waals surface area contributed by atoms with E-state index in [1.807, 2.05) is 4.90 Å². The molecule has 0 spiro atoms. The Hall–Kier alpha value is -3.13. The number of amides is 1. The second kappa shape index (κ2) is 11.3. The van der Waals surface area contributed by atoms with Gasteiger partial charge in [-0.2, -0.15) is 17.5 Å². The molecule has 2 atom stereocenters. The van der Waals surface area contributed by atoms with Crippen LogP contribution in [0.15, 0.2) is 28.3 Å². The molecule has 0 saturated carbocycles. The largest absolute Gasteiger partial charge is 0.473 e. The van der Waals surface area contributed by atoms with Gasteiger partial charge in [-0.3, -0.25) is 19.7 Å². The summed E-state index contributed by atoms with van der Waals surface area (Å²) in [5.41, 5.74) is 1.12. The summed E-state index contributed by atoms with van der Waals surface area (Å²) in [6, 6.07) is 1.42. The predicted molar refractivity (Wildman–Crippen MR) is 129 cm³/mol. The molecule has 2 aliphatic rings.